The predicted molar refractivity (Wildman–Crippen MR) is 95.0 cm³/mol. The fourth-order valence-corrected chi connectivity index (χ4v) is 3.00. The van der Waals surface area contributed by atoms with Gasteiger partial charge in [0, 0.05) is 18.3 Å². The average Bonchev–Trinajstić information content (AvgIpc) is 3.12. The molecule has 2 heterocycles. The summed E-state index contributed by atoms with van der Waals surface area (Å²) in [6.07, 6.45) is 7.56. The van der Waals surface area contributed by atoms with Crippen LogP contribution in [-0.4, -0.2) is 26.2 Å². The van der Waals surface area contributed by atoms with Crippen LogP contribution in [0.15, 0.2) is 60.0 Å². The molecule has 0 unspecified atom stereocenters. The lowest BCUT2D eigenvalue weighted by atomic mass is 10.1. The predicted octanol–water partition coefficient (Wildman–Crippen LogP) is 1.95. The average molecular weight is 334 g/mol. The molecule has 0 radical (unpaired) electrons. The van der Waals surface area contributed by atoms with Crippen molar-refractivity contribution in [2.45, 2.75) is 18.8 Å². The monoisotopic (exact) mass is 334 g/mol. The Kier molecular flexibility index (Phi) is 3.61. The maximum Gasteiger partial charge on any atom is 0.283 e. The highest BCUT2D eigenvalue weighted by molar-refractivity contribution is 6.02. The van der Waals surface area contributed by atoms with E-state index in [0.717, 1.165) is 29.9 Å². The molecule has 7 nitrogen and oxygen atoms in total. The van der Waals surface area contributed by atoms with Crippen LogP contribution in [0.5, 0.6) is 0 Å². The first-order chi connectivity index (χ1) is 12.1. The van der Waals surface area contributed by atoms with Crippen molar-refractivity contribution in [3.8, 4) is 11.4 Å². The number of benzene rings is 1. The number of carbonyl (C=O) groups excluding carboxylic acids is 1. The van der Waals surface area contributed by atoms with E-state index in [1.165, 1.54) is 0 Å². The van der Waals surface area contributed by atoms with Crippen LogP contribution in [0.3, 0.4) is 0 Å². The Labute approximate surface area is 144 Å². The lowest BCUT2D eigenvalue weighted by Gasteiger charge is -2.13. The third kappa shape index (κ3) is 2.80. The smallest absolute Gasteiger partial charge is 0.283 e. The van der Waals surface area contributed by atoms with Crippen LogP contribution in [0.2, 0.25) is 0 Å². The second-order valence-electron chi connectivity index (χ2n) is 6.05. The number of aromatic nitrogens is 3. The van der Waals surface area contributed by atoms with Crippen molar-refractivity contribution in [1.29, 1.82) is 0 Å². The molecule has 2 aromatic heterocycles. The van der Waals surface area contributed by atoms with E-state index < -0.39 is 5.91 Å². The number of hydrogen-bond donors (Lipinski definition) is 2. The van der Waals surface area contributed by atoms with Gasteiger partial charge < -0.3 is 16.0 Å². The number of nitrogens with two attached hydrogens (primary N) is 2. The van der Waals surface area contributed by atoms with Gasteiger partial charge in [-0.25, -0.2) is 4.68 Å². The SMILES string of the molecule is NC(N)=NC(=O)c1cnn(-c2ccccc2-n2cccc2)c1C1CC1. The zero-order valence-corrected chi connectivity index (χ0v) is 13.5. The Morgan fingerprint density at radius 3 is 2.40 bits per heavy atom. The van der Waals surface area contributed by atoms with E-state index in [0.29, 0.717) is 11.5 Å². The first-order valence-corrected chi connectivity index (χ1v) is 8.10. The number of para-hydroxylation sites is 2. The summed E-state index contributed by atoms with van der Waals surface area (Å²) in [5.74, 6) is -0.396. The quantitative estimate of drug-likeness (QED) is 0.562. The van der Waals surface area contributed by atoms with Gasteiger partial charge in [-0.15, -0.1) is 0 Å². The Balaban J connectivity index is 1.87. The lowest BCUT2D eigenvalue weighted by molar-refractivity contribution is 0.100. The van der Waals surface area contributed by atoms with Crippen molar-refractivity contribution in [1.82, 2.24) is 14.3 Å². The Bertz CT molecular complexity index is 946. The van der Waals surface area contributed by atoms with Gasteiger partial charge in [0.05, 0.1) is 28.8 Å². The van der Waals surface area contributed by atoms with Crippen LogP contribution >= 0.6 is 0 Å². The molecule has 0 aliphatic heterocycles. The van der Waals surface area contributed by atoms with Crippen LogP contribution < -0.4 is 11.5 Å². The Morgan fingerprint density at radius 1 is 1.08 bits per heavy atom. The third-order valence-electron chi connectivity index (χ3n) is 4.22. The molecule has 1 aliphatic rings. The molecule has 0 bridgehead atoms. The summed E-state index contributed by atoms with van der Waals surface area (Å²) < 4.78 is 3.85. The molecule has 126 valence electrons. The standard InChI is InChI=1S/C18H18N6O/c19-18(20)22-17(25)13-11-21-24(16(13)12-7-8-12)15-6-2-1-5-14(15)23-9-3-4-10-23/h1-6,9-12H,7-8H2,(H4,19,20,22,25). The minimum absolute atomic E-state index is 0.243. The minimum Gasteiger partial charge on any atom is -0.370 e. The Hall–Kier alpha value is -3.35. The first kappa shape index (κ1) is 15.2. The summed E-state index contributed by atoms with van der Waals surface area (Å²) >= 11 is 0. The maximum atomic E-state index is 12.4. The molecule has 1 aromatic carbocycles. The number of nitrogens with zero attached hydrogens (tertiary/aromatic N) is 4. The third-order valence-corrected chi connectivity index (χ3v) is 4.22. The number of rotatable bonds is 4. The molecular formula is C18H18N6O. The van der Waals surface area contributed by atoms with Crippen LogP contribution in [-0.2, 0) is 0 Å². The molecule has 4 N–H and O–H groups in total. The number of hydrogen-bond acceptors (Lipinski definition) is 2. The molecule has 1 fully saturated rings. The second-order valence-corrected chi connectivity index (χ2v) is 6.05. The normalized spacial score (nSPS) is 13.6. The molecular weight excluding hydrogens is 316 g/mol. The van der Waals surface area contributed by atoms with E-state index in [1.807, 2.05) is 58.0 Å². The molecule has 1 aliphatic carbocycles. The van der Waals surface area contributed by atoms with Gasteiger partial charge in [0.2, 0.25) is 0 Å². The molecule has 7 heteroatoms. The van der Waals surface area contributed by atoms with E-state index in [-0.39, 0.29) is 5.96 Å². The van der Waals surface area contributed by atoms with Gasteiger partial charge in [-0.2, -0.15) is 10.1 Å². The molecule has 3 aromatic rings. The highest BCUT2D eigenvalue weighted by atomic mass is 16.1. The highest BCUT2D eigenvalue weighted by Crippen LogP contribution is 2.43. The van der Waals surface area contributed by atoms with Gasteiger partial charge >= 0.3 is 0 Å². The molecule has 0 spiro atoms. The summed E-state index contributed by atoms with van der Waals surface area (Å²) in [5.41, 5.74) is 13.9. The second kappa shape index (κ2) is 5.94. The van der Waals surface area contributed by atoms with E-state index in [9.17, 15) is 4.79 Å². The van der Waals surface area contributed by atoms with Crippen LogP contribution in [0.1, 0.15) is 34.8 Å². The molecule has 1 saturated carbocycles. The lowest BCUT2D eigenvalue weighted by Crippen LogP contribution is -2.24. The summed E-state index contributed by atoms with van der Waals surface area (Å²) in [4.78, 5) is 16.0. The summed E-state index contributed by atoms with van der Waals surface area (Å²) in [6, 6.07) is 11.9. The number of guanidine groups is 1. The van der Waals surface area contributed by atoms with Crippen molar-refractivity contribution >= 4 is 11.9 Å². The van der Waals surface area contributed by atoms with Crippen LogP contribution in [0, 0.1) is 0 Å². The number of aliphatic imine (C=N–C) groups is 1. The van der Waals surface area contributed by atoms with Gasteiger partial charge in [0.1, 0.15) is 0 Å². The van der Waals surface area contributed by atoms with Crippen molar-refractivity contribution < 1.29 is 4.79 Å². The fraction of sp³-hybridized carbons (Fsp3) is 0.167. The maximum absolute atomic E-state index is 12.4. The fourth-order valence-electron chi connectivity index (χ4n) is 3.00. The molecule has 1 amide bonds. The van der Waals surface area contributed by atoms with Crippen molar-refractivity contribution in [3.05, 3.63) is 66.2 Å². The van der Waals surface area contributed by atoms with Crippen molar-refractivity contribution in [3.63, 3.8) is 0 Å². The zero-order valence-electron chi connectivity index (χ0n) is 13.5. The topological polar surface area (TPSA) is 104 Å². The number of carbonyl (C=O) groups is 1. The van der Waals surface area contributed by atoms with Gasteiger partial charge in [-0.3, -0.25) is 4.79 Å². The zero-order chi connectivity index (χ0) is 17.4. The van der Waals surface area contributed by atoms with Gasteiger partial charge in [0.25, 0.3) is 5.91 Å². The number of amides is 1. The van der Waals surface area contributed by atoms with E-state index in [2.05, 4.69) is 10.1 Å². The molecule has 0 atom stereocenters. The molecule has 0 saturated heterocycles. The highest BCUT2D eigenvalue weighted by Gasteiger charge is 2.33. The summed E-state index contributed by atoms with van der Waals surface area (Å²) in [7, 11) is 0. The first-order valence-electron chi connectivity index (χ1n) is 8.10. The van der Waals surface area contributed by atoms with Crippen LogP contribution in [0.25, 0.3) is 11.4 Å². The van der Waals surface area contributed by atoms with Crippen molar-refractivity contribution in [2.24, 2.45) is 16.5 Å². The summed E-state index contributed by atoms with van der Waals surface area (Å²) in [5, 5.41) is 4.48. The largest absolute Gasteiger partial charge is 0.370 e. The van der Waals surface area contributed by atoms with Gasteiger partial charge in [-0.1, -0.05) is 12.1 Å². The van der Waals surface area contributed by atoms with Gasteiger partial charge in [-0.05, 0) is 37.1 Å². The van der Waals surface area contributed by atoms with E-state index in [1.54, 1.807) is 6.20 Å². The van der Waals surface area contributed by atoms with Gasteiger partial charge in [0.15, 0.2) is 5.96 Å². The van der Waals surface area contributed by atoms with E-state index >= 15 is 0 Å². The summed E-state index contributed by atoms with van der Waals surface area (Å²) in [6.45, 7) is 0. The molecule has 25 heavy (non-hydrogen) atoms. The van der Waals surface area contributed by atoms with Crippen molar-refractivity contribution in [2.75, 3.05) is 0 Å². The minimum atomic E-state index is -0.452. The van der Waals surface area contributed by atoms with E-state index in [4.69, 9.17) is 11.5 Å². The molecule has 4 rings (SSSR count). The van der Waals surface area contributed by atoms with Crippen LogP contribution in [0.4, 0.5) is 0 Å². The Morgan fingerprint density at radius 2 is 1.76 bits per heavy atom.